The fraction of sp³-hybridized carbons (Fsp3) is 0.200. The summed E-state index contributed by atoms with van der Waals surface area (Å²) in [7, 11) is 0. The average molecular weight is 385 g/mol. The molecule has 0 spiro atoms. The molecule has 4 heteroatoms. The lowest BCUT2D eigenvalue weighted by molar-refractivity contribution is 0.212. The maximum Gasteiger partial charge on any atom is 0.136 e. The maximum absolute atomic E-state index is 6.04. The largest absolute Gasteiger partial charge is 0.484 e. The van der Waals surface area contributed by atoms with Crippen LogP contribution in [0.25, 0.3) is 0 Å². The molecule has 100 valence electrons. The van der Waals surface area contributed by atoms with Crippen molar-refractivity contribution in [2.45, 2.75) is 13.0 Å². The van der Waals surface area contributed by atoms with E-state index in [4.69, 9.17) is 10.5 Å². The van der Waals surface area contributed by atoms with Gasteiger partial charge in [-0.3, -0.25) is 0 Å². The van der Waals surface area contributed by atoms with Crippen LogP contribution in [0.2, 0.25) is 0 Å². The molecule has 2 aromatic rings. The van der Waals surface area contributed by atoms with Gasteiger partial charge in [0.15, 0.2) is 0 Å². The minimum atomic E-state index is -0.148. The van der Waals surface area contributed by atoms with Crippen LogP contribution in [0.4, 0.5) is 0 Å². The van der Waals surface area contributed by atoms with Gasteiger partial charge in [-0.25, -0.2) is 0 Å². The van der Waals surface area contributed by atoms with Crippen molar-refractivity contribution in [1.29, 1.82) is 0 Å². The zero-order valence-corrected chi connectivity index (χ0v) is 13.7. The van der Waals surface area contributed by atoms with Gasteiger partial charge in [-0.2, -0.15) is 0 Å². The summed E-state index contributed by atoms with van der Waals surface area (Å²) >= 11 is 6.92. The molecular formula is C15H15Br2NO. The number of halogens is 2. The molecule has 0 bridgehead atoms. The first-order valence-electron chi connectivity index (χ1n) is 5.98. The van der Waals surface area contributed by atoms with Crippen molar-refractivity contribution in [1.82, 2.24) is 0 Å². The Morgan fingerprint density at radius 2 is 1.84 bits per heavy atom. The van der Waals surface area contributed by atoms with E-state index in [-0.39, 0.29) is 6.10 Å². The van der Waals surface area contributed by atoms with Gasteiger partial charge < -0.3 is 10.5 Å². The van der Waals surface area contributed by atoms with Gasteiger partial charge in [-0.15, -0.1) is 0 Å². The summed E-state index contributed by atoms with van der Waals surface area (Å²) in [5.41, 5.74) is 8.00. The van der Waals surface area contributed by atoms with E-state index in [9.17, 15) is 0 Å². The molecule has 2 aromatic carbocycles. The Morgan fingerprint density at radius 3 is 2.53 bits per heavy atom. The molecule has 1 atom stereocenters. The summed E-state index contributed by atoms with van der Waals surface area (Å²) in [4.78, 5) is 0. The van der Waals surface area contributed by atoms with Crippen molar-refractivity contribution < 1.29 is 4.74 Å². The average Bonchev–Trinajstić information content (AvgIpc) is 2.39. The van der Waals surface area contributed by atoms with Crippen LogP contribution in [-0.4, -0.2) is 6.54 Å². The van der Waals surface area contributed by atoms with Gasteiger partial charge in [0.2, 0.25) is 0 Å². The fourth-order valence-corrected chi connectivity index (χ4v) is 2.57. The highest BCUT2D eigenvalue weighted by atomic mass is 79.9. The Bertz CT molecular complexity index is 572. The standard InChI is InChI=1S/C15H15Br2NO/c1-10-5-6-13(17)8-14(10)19-15(9-18)11-3-2-4-12(16)7-11/h2-8,15H,9,18H2,1H3. The minimum absolute atomic E-state index is 0.148. The topological polar surface area (TPSA) is 35.2 Å². The molecule has 19 heavy (non-hydrogen) atoms. The Kier molecular flexibility index (Phi) is 5.02. The van der Waals surface area contributed by atoms with E-state index in [1.165, 1.54) is 0 Å². The molecule has 0 heterocycles. The lowest BCUT2D eigenvalue weighted by atomic mass is 10.1. The van der Waals surface area contributed by atoms with E-state index in [2.05, 4.69) is 31.9 Å². The number of ether oxygens (including phenoxy) is 1. The number of hydrogen-bond acceptors (Lipinski definition) is 2. The predicted octanol–water partition coefficient (Wildman–Crippen LogP) is 4.60. The van der Waals surface area contributed by atoms with Crippen molar-refractivity contribution in [2.75, 3.05) is 6.54 Å². The van der Waals surface area contributed by atoms with Gasteiger partial charge in [-0.1, -0.05) is 50.1 Å². The SMILES string of the molecule is Cc1ccc(Br)cc1OC(CN)c1cccc(Br)c1. The lowest BCUT2D eigenvalue weighted by Crippen LogP contribution is -2.18. The first kappa shape index (κ1) is 14.6. The minimum Gasteiger partial charge on any atom is -0.484 e. The van der Waals surface area contributed by atoms with Gasteiger partial charge >= 0.3 is 0 Å². The third-order valence-electron chi connectivity index (χ3n) is 2.85. The van der Waals surface area contributed by atoms with Crippen molar-refractivity contribution in [3.05, 3.63) is 62.5 Å². The van der Waals surface area contributed by atoms with Gasteiger partial charge in [0.05, 0.1) is 0 Å². The van der Waals surface area contributed by atoms with Crippen molar-refractivity contribution in [2.24, 2.45) is 5.73 Å². The highest BCUT2D eigenvalue weighted by Gasteiger charge is 2.13. The third kappa shape index (κ3) is 3.81. The third-order valence-corrected chi connectivity index (χ3v) is 3.84. The van der Waals surface area contributed by atoms with E-state index in [0.29, 0.717) is 6.54 Å². The van der Waals surface area contributed by atoms with E-state index >= 15 is 0 Å². The summed E-state index contributed by atoms with van der Waals surface area (Å²) < 4.78 is 8.06. The van der Waals surface area contributed by atoms with Crippen molar-refractivity contribution >= 4 is 31.9 Å². The Hall–Kier alpha value is -0.840. The smallest absolute Gasteiger partial charge is 0.136 e. The summed E-state index contributed by atoms with van der Waals surface area (Å²) in [5.74, 6) is 0.852. The summed E-state index contributed by atoms with van der Waals surface area (Å²) in [6.07, 6.45) is -0.148. The monoisotopic (exact) mass is 383 g/mol. The summed E-state index contributed by atoms with van der Waals surface area (Å²) in [6, 6.07) is 14.0. The highest BCUT2D eigenvalue weighted by molar-refractivity contribution is 9.10. The second-order valence-corrected chi connectivity index (χ2v) is 6.14. The lowest BCUT2D eigenvalue weighted by Gasteiger charge is -2.19. The van der Waals surface area contributed by atoms with Crippen LogP contribution < -0.4 is 10.5 Å². The molecule has 2 rings (SSSR count). The van der Waals surface area contributed by atoms with Crippen LogP contribution >= 0.6 is 31.9 Å². The molecule has 0 fully saturated rings. The first-order chi connectivity index (χ1) is 9.10. The van der Waals surface area contributed by atoms with Gasteiger partial charge in [0.1, 0.15) is 11.9 Å². The van der Waals surface area contributed by atoms with Crippen LogP contribution in [0.15, 0.2) is 51.4 Å². The van der Waals surface area contributed by atoms with Crippen LogP contribution in [0.5, 0.6) is 5.75 Å². The number of aryl methyl sites for hydroxylation is 1. The predicted molar refractivity (Wildman–Crippen MR) is 85.4 cm³/mol. The second kappa shape index (κ2) is 6.55. The normalized spacial score (nSPS) is 12.2. The van der Waals surface area contributed by atoms with Gasteiger partial charge in [-0.05, 0) is 42.3 Å². The second-order valence-electron chi connectivity index (χ2n) is 4.31. The first-order valence-corrected chi connectivity index (χ1v) is 7.57. The van der Waals surface area contributed by atoms with E-state index in [1.54, 1.807) is 0 Å². The molecule has 2 nitrogen and oxygen atoms in total. The zero-order valence-electron chi connectivity index (χ0n) is 10.6. The molecule has 0 aromatic heterocycles. The highest BCUT2D eigenvalue weighted by Crippen LogP contribution is 2.28. The Balaban J connectivity index is 2.26. The summed E-state index contributed by atoms with van der Waals surface area (Å²) in [6.45, 7) is 2.46. The number of rotatable bonds is 4. The molecule has 2 N–H and O–H groups in total. The van der Waals surface area contributed by atoms with Crippen LogP contribution in [0, 0.1) is 6.92 Å². The quantitative estimate of drug-likeness (QED) is 0.835. The van der Waals surface area contributed by atoms with E-state index in [0.717, 1.165) is 25.8 Å². The Morgan fingerprint density at radius 1 is 1.11 bits per heavy atom. The molecule has 0 saturated heterocycles. The number of hydrogen-bond donors (Lipinski definition) is 1. The van der Waals surface area contributed by atoms with E-state index in [1.807, 2.05) is 49.4 Å². The van der Waals surface area contributed by atoms with E-state index < -0.39 is 0 Å². The maximum atomic E-state index is 6.04. The number of benzene rings is 2. The zero-order chi connectivity index (χ0) is 13.8. The molecule has 0 aliphatic heterocycles. The molecule has 0 saturated carbocycles. The summed E-state index contributed by atoms with van der Waals surface area (Å²) in [5, 5.41) is 0. The van der Waals surface area contributed by atoms with Crippen molar-refractivity contribution in [3.8, 4) is 5.75 Å². The fourth-order valence-electron chi connectivity index (χ4n) is 1.81. The van der Waals surface area contributed by atoms with Crippen LogP contribution in [0.3, 0.4) is 0 Å². The molecule has 0 radical (unpaired) electrons. The van der Waals surface area contributed by atoms with Crippen LogP contribution in [-0.2, 0) is 0 Å². The molecule has 1 unspecified atom stereocenters. The van der Waals surface area contributed by atoms with Gasteiger partial charge in [0.25, 0.3) is 0 Å². The van der Waals surface area contributed by atoms with Crippen molar-refractivity contribution in [3.63, 3.8) is 0 Å². The molecular weight excluding hydrogens is 370 g/mol. The van der Waals surface area contributed by atoms with Crippen LogP contribution in [0.1, 0.15) is 17.2 Å². The number of nitrogens with two attached hydrogens (primary N) is 1. The molecule has 0 amide bonds. The Labute approximate surface area is 130 Å². The van der Waals surface area contributed by atoms with Gasteiger partial charge in [0, 0.05) is 15.5 Å². The molecule has 0 aliphatic carbocycles. The molecule has 0 aliphatic rings.